The van der Waals surface area contributed by atoms with Gasteiger partial charge in [0.15, 0.2) is 12.3 Å². The van der Waals surface area contributed by atoms with Crippen molar-refractivity contribution >= 4 is 44.2 Å². The average molecular weight is 686 g/mol. The highest BCUT2D eigenvalue weighted by Gasteiger charge is 2.45. The van der Waals surface area contributed by atoms with Crippen LogP contribution >= 0.6 is 0 Å². The number of anilines is 1. The molecule has 0 saturated heterocycles. The van der Waals surface area contributed by atoms with Gasteiger partial charge in [0, 0.05) is 41.1 Å². The molecular formula is C48H49N2O2+. The first kappa shape index (κ1) is 34.1. The number of aliphatic hydroxyl groups excluding tert-OH is 2. The number of aliphatic hydroxyl groups is 2. The first-order valence-electron chi connectivity index (χ1n) is 18.8. The third kappa shape index (κ3) is 5.57. The lowest BCUT2D eigenvalue weighted by atomic mass is 9.78. The van der Waals surface area contributed by atoms with Crippen molar-refractivity contribution in [2.24, 2.45) is 0 Å². The van der Waals surface area contributed by atoms with E-state index >= 15 is 0 Å². The van der Waals surface area contributed by atoms with Gasteiger partial charge in [-0.2, -0.15) is 4.58 Å². The number of β-amino-alcohol motifs (C(OH)–C–C–N with tert-alkyl or cyclic N) is 2. The van der Waals surface area contributed by atoms with Gasteiger partial charge < -0.3 is 15.1 Å². The normalized spacial score (nSPS) is 19.5. The van der Waals surface area contributed by atoms with Gasteiger partial charge in [0.1, 0.15) is 6.61 Å². The molecule has 3 aliphatic rings. The number of rotatable bonds is 8. The van der Waals surface area contributed by atoms with Crippen LogP contribution in [0.4, 0.5) is 11.4 Å². The maximum absolute atomic E-state index is 10.2. The van der Waals surface area contributed by atoms with Crippen molar-refractivity contribution in [2.45, 2.75) is 57.8 Å². The van der Waals surface area contributed by atoms with E-state index < -0.39 is 0 Å². The Labute approximate surface area is 308 Å². The lowest BCUT2D eigenvalue weighted by Crippen LogP contribution is -2.28. The summed E-state index contributed by atoms with van der Waals surface area (Å²) in [7, 11) is 0. The summed E-state index contributed by atoms with van der Waals surface area (Å²) >= 11 is 0. The van der Waals surface area contributed by atoms with Crippen molar-refractivity contribution in [2.75, 3.05) is 31.2 Å². The second kappa shape index (κ2) is 13.5. The molecule has 0 unspecified atom stereocenters. The van der Waals surface area contributed by atoms with Crippen molar-refractivity contribution in [3.05, 3.63) is 161 Å². The van der Waals surface area contributed by atoms with E-state index in [2.05, 4.69) is 165 Å². The van der Waals surface area contributed by atoms with Crippen molar-refractivity contribution in [1.82, 2.24) is 0 Å². The standard InChI is InChI=1S/C48H49N2O2/c1-47(2)42(49(29-31-51)40-25-21-33-13-8-10-19-38(33)45(40)47)27-23-36-17-12-18-37(44(36)35-15-6-5-7-16-35)24-28-43-48(3,4)46-39-20-11-9-14-34(39)22-26-41(46)50(43)30-32-52/h5-11,13-16,19-28,51-52H,12,17-18,29-32H2,1-4H3/q+1. The highest BCUT2D eigenvalue weighted by molar-refractivity contribution is 6.08. The zero-order valence-corrected chi connectivity index (χ0v) is 30.9. The predicted octanol–water partition coefficient (Wildman–Crippen LogP) is 10.2. The van der Waals surface area contributed by atoms with Gasteiger partial charge in [-0.25, -0.2) is 0 Å². The average Bonchev–Trinajstić information content (AvgIpc) is 3.51. The third-order valence-electron chi connectivity index (χ3n) is 11.6. The van der Waals surface area contributed by atoms with Gasteiger partial charge in [0.2, 0.25) is 5.69 Å². The molecule has 4 nitrogen and oxygen atoms in total. The molecule has 0 spiro atoms. The second-order valence-corrected chi connectivity index (χ2v) is 15.4. The van der Waals surface area contributed by atoms with E-state index in [4.69, 9.17) is 0 Å². The van der Waals surface area contributed by atoms with Gasteiger partial charge in [0.25, 0.3) is 0 Å². The van der Waals surface area contributed by atoms with E-state index in [1.54, 1.807) is 0 Å². The maximum Gasteiger partial charge on any atom is 0.210 e. The zero-order chi connectivity index (χ0) is 36.0. The highest BCUT2D eigenvalue weighted by Crippen LogP contribution is 2.51. The highest BCUT2D eigenvalue weighted by atomic mass is 16.3. The molecule has 4 heteroatoms. The van der Waals surface area contributed by atoms with E-state index in [9.17, 15) is 10.2 Å². The molecule has 0 aromatic heterocycles. The first-order valence-corrected chi connectivity index (χ1v) is 18.8. The molecule has 0 amide bonds. The zero-order valence-electron chi connectivity index (χ0n) is 30.9. The Balaban J connectivity index is 1.25. The minimum Gasteiger partial charge on any atom is -0.395 e. The van der Waals surface area contributed by atoms with Gasteiger partial charge in [0.05, 0.1) is 12.0 Å². The molecule has 0 saturated carbocycles. The molecule has 8 rings (SSSR count). The van der Waals surface area contributed by atoms with Crippen LogP contribution < -0.4 is 4.90 Å². The lowest BCUT2D eigenvalue weighted by Gasteiger charge is -2.27. The summed E-state index contributed by atoms with van der Waals surface area (Å²) in [6.45, 7) is 10.6. The number of hydrogen-bond acceptors (Lipinski definition) is 3. The minimum absolute atomic E-state index is 0.0858. The van der Waals surface area contributed by atoms with E-state index in [0.29, 0.717) is 13.1 Å². The van der Waals surface area contributed by atoms with Crippen LogP contribution in [0, 0.1) is 0 Å². The number of allylic oxidation sites excluding steroid dienone is 8. The summed E-state index contributed by atoms with van der Waals surface area (Å²) < 4.78 is 2.32. The fraction of sp³-hybridized carbons (Fsp3) is 0.271. The molecule has 0 atom stereocenters. The first-order chi connectivity index (χ1) is 25.3. The van der Waals surface area contributed by atoms with Crippen LogP contribution in [-0.2, 0) is 10.8 Å². The Hall–Kier alpha value is -5.03. The summed E-state index contributed by atoms with van der Waals surface area (Å²) in [5.74, 6) is 0. The van der Waals surface area contributed by atoms with Crippen LogP contribution in [0.1, 0.15) is 63.6 Å². The quantitative estimate of drug-likeness (QED) is 0.160. The molecule has 262 valence electrons. The van der Waals surface area contributed by atoms with Crippen molar-refractivity contribution in [1.29, 1.82) is 0 Å². The van der Waals surface area contributed by atoms with Gasteiger partial charge >= 0.3 is 0 Å². The van der Waals surface area contributed by atoms with Gasteiger partial charge in [-0.15, -0.1) is 0 Å². The summed E-state index contributed by atoms with van der Waals surface area (Å²) in [6, 6.07) is 37.0. The Kier molecular flexibility index (Phi) is 8.85. The number of benzene rings is 5. The summed E-state index contributed by atoms with van der Waals surface area (Å²) in [5, 5.41) is 25.5. The molecule has 2 aliphatic heterocycles. The van der Waals surface area contributed by atoms with E-state index in [1.165, 1.54) is 77.7 Å². The molecule has 5 aromatic carbocycles. The molecule has 2 N–H and O–H groups in total. The maximum atomic E-state index is 10.2. The van der Waals surface area contributed by atoms with Crippen molar-refractivity contribution < 1.29 is 14.8 Å². The van der Waals surface area contributed by atoms with Crippen LogP contribution in [0.2, 0.25) is 0 Å². The van der Waals surface area contributed by atoms with Crippen molar-refractivity contribution in [3.8, 4) is 0 Å². The second-order valence-electron chi connectivity index (χ2n) is 15.4. The number of hydrogen-bond donors (Lipinski definition) is 2. The van der Waals surface area contributed by atoms with E-state index in [-0.39, 0.29) is 24.0 Å². The van der Waals surface area contributed by atoms with Crippen LogP contribution in [0.15, 0.2) is 144 Å². The van der Waals surface area contributed by atoms with Gasteiger partial charge in [-0.1, -0.05) is 111 Å². The topological polar surface area (TPSA) is 46.7 Å². The Morgan fingerprint density at radius 2 is 1.35 bits per heavy atom. The van der Waals surface area contributed by atoms with Gasteiger partial charge in [-0.3, -0.25) is 0 Å². The smallest absolute Gasteiger partial charge is 0.210 e. The Bertz CT molecular complexity index is 2350. The van der Waals surface area contributed by atoms with Crippen LogP contribution in [0.25, 0.3) is 27.1 Å². The van der Waals surface area contributed by atoms with E-state index in [0.717, 1.165) is 19.3 Å². The summed E-state index contributed by atoms with van der Waals surface area (Å²) in [6.07, 6.45) is 12.4. The molecule has 0 radical (unpaired) electrons. The fourth-order valence-corrected chi connectivity index (χ4v) is 9.35. The predicted molar refractivity (Wildman–Crippen MR) is 218 cm³/mol. The summed E-state index contributed by atoms with van der Waals surface area (Å²) in [5.41, 5.74) is 12.2. The molecule has 0 fully saturated rings. The third-order valence-corrected chi connectivity index (χ3v) is 11.6. The van der Waals surface area contributed by atoms with Crippen LogP contribution in [0.5, 0.6) is 0 Å². The van der Waals surface area contributed by atoms with Crippen molar-refractivity contribution in [3.63, 3.8) is 0 Å². The molecule has 1 aliphatic carbocycles. The molecular weight excluding hydrogens is 637 g/mol. The Morgan fingerprint density at radius 3 is 2.06 bits per heavy atom. The number of nitrogens with zero attached hydrogens (tertiary/aromatic N) is 2. The minimum atomic E-state index is -0.240. The lowest BCUT2D eigenvalue weighted by molar-refractivity contribution is -0.440. The molecule has 52 heavy (non-hydrogen) atoms. The fourth-order valence-electron chi connectivity index (χ4n) is 9.35. The van der Waals surface area contributed by atoms with Crippen LogP contribution in [-0.4, -0.2) is 46.8 Å². The molecule has 2 heterocycles. The van der Waals surface area contributed by atoms with Gasteiger partial charge in [-0.05, 0) is 101 Å². The molecule has 5 aromatic rings. The summed E-state index contributed by atoms with van der Waals surface area (Å²) in [4.78, 5) is 2.32. The molecule has 0 bridgehead atoms. The number of fused-ring (bicyclic) bond motifs is 6. The SMILES string of the molecule is CC1(C)C(/C=C/C2=C(c3ccccc3)C(=C/C=C3/N(CCO)c4ccc5ccccc5c4C3(C)C)/CCC2)=[N+](CCO)c2ccc3ccccc3c21. The van der Waals surface area contributed by atoms with E-state index in [1.807, 2.05) is 0 Å². The monoisotopic (exact) mass is 685 g/mol. The largest absolute Gasteiger partial charge is 0.395 e. The van der Waals surface area contributed by atoms with Crippen LogP contribution in [0.3, 0.4) is 0 Å². The Morgan fingerprint density at radius 1 is 0.673 bits per heavy atom.